The van der Waals surface area contributed by atoms with Gasteiger partial charge in [0, 0.05) is 35.8 Å². The number of nitrogens with one attached hydrogen (secondary N) is 1. The lowest BCUT2D eigenvalue weighted by Gasteiger charge is -2.27. The van der Waals surface area contributed by atoms with Gasteiger partial charge in [0.05, 0.1) is 17.5 Å². The van der Waals surface area contributed by atoms with Crippen LogP contribution in [0.4, 0.5) is 0 Å². The third kappa shape index (κ3) is 3.57. The zero-order chi connectivity index (χ0) is 19.8. The summed E-state index contributed by atoms with van der Waals surface area (Å²) in [6, 6.07) is 16.5. The van der Waals surface area contributed by atoms with Crippen LogP contribution in [0.5, 0.6) is 0 Å². The van der Waals surface area contributed by atoms with Crippen LogP contribution < -0.4 is 5.56 Å². The van der Waals surface area contributed by atoms with Gasteiger partial charge in [-0.2, -0.15) is 0 Å². The molecule has 4 heterocycles. The molecule has 0 amide bonds. The van der Waals surface area contributed by atoms with Crippen molar-refractivity contribution in [1.29, 1.82) is 0 Å². The van der Waals surface area contributed by atoms with Gasteiger partial charge in [0.2, 0.25) is 0 Å². The molecule has 4 aromatic rings. The highest BCUT2D eigenvalue weighted by atomic mass is 32.1. The number of aromatic nitrogens is 2. The highest BCUT2D eigenvalue weighted by molar-refractivity contribution is 7.15. The van der Waals surface area contributed by atoms with Crippen molar-refractivity contribution in [1.82, 2.24) is 14.9 Å². The van der Waals surface area contributed by atoms with Gasteiger partial charge in [0.15, 0.2) is 11.6 Å². The maximum absolute atomic E-state index is 12.6. The van der Waals surface area contributed by atoms with Gasteiger partial charge >= 0.3 is 0 Å². The molecule has 29 heavy (non-hydrogen) atoms. The van der Waals surface area contributed by atoms with E-state index in [0.29, 0.717) is 18.1 Å². The Morgan fingerprint density at radius 1 is 1.17 bits per heavy atom. The van der Waals surface area contributed by atoms with Crippen LogP contribution in [-0.4, -0.2) is 21.4 Å². The summed E-state index contributed by atoms with van der Waals surface area (Å²) in [5.41, 5.74) is 4.15. The zero-order valence-electron chi connectivity index (χ0n) is 16.1. The summed E-state index contributed by atoms with van der Waals surface area (Å²) in [7, 11) is 0. The maximum atomic E-state index is 12.6. The van der Waals surface area contributed by atoms with Crippen LogP contribution in [-0.2, 0) is 19.5 Å². The topological polar surface area (TPSA) is 62.1 Å². The predicted octanol–water partition coefficient (Wildman–Crippen LogP) is 4.63. The molecule has 1 aliphatic rings. The molecule has 0 radical (unpaired) electrons. The Hall–Kier alpha value is -2.96. The first-order valence-corrected chi connectivity index (χ1v) is 10.5. The number of aromatic amines is 1. The minimum Gasteiger partial charge on any atom is -0.461 e. The predicted molar refractivity (Wildman–Crippen MR) is 115 cm³/mol. The van der Waals surface area contributed by atoms with Gasteiger partial charge < -0.3 is 9.40 Å². The van der Waals surface area contributed by atoms with Gasteiger partial charge in [-0.1, -0.05) is 24.3 Å². The molecular weight excluding hydrogens is 382 g/mol. The fourth-order valence-corrected chi connectivity index (χ4v) is 4.96. The summed E-state index contributed by atoms with van der Waals surface area (Å²) in [4.78, 5) is 25.1. The summed E-state index contributed by atoms with van der Waals surface area (Å²) in [6.07, 6.45) is 2.35. The highest BCUT2D eigenvalue weighted by Gasteiger charge is 2.22. The van der Waals surface area contributed by atoms with Gasteiger partial charge in [-0.05, 0) is 42.3 Å². The van der Waals surface area contributed by atoms with Crippen molar-refractivity contribution in [3.63, 3.8) is 0 Å². The van der Waals surface area contributed by atoms with Gasteiger partial charge in [-0.15, -0.1) is 11.3 Å². The minimum absolute atomic E-state index is 0.0714. The van der Waals surface area contributed by atoms with Crippen LogP contribution in [0.25, 0.3) is 22.0 Å². The molecule has 0 saturated carbocycles. The quantitative estimate of drug-likeness (QED) is 0.540. The summed E-state index contributed by atoms with van der Waals surface area (Å²) >= 11 is 1.82. The molecule has 1 N–H and O–H groups in total. The van der Waals surface area contributed by atoms with E-state index >= 15 is 0 Å². The monoisotopic (exact) mass is 403 g/mol. The Morgan fingerprint density at radius 2 is 2.07 bits per heavy atom. The average molecular weight is 404 g/mol. The van der Waals surface area contributed by atoms with Crippen molar-refractivity contribution in [3.8, 4) is 22.0 Å². The molecule has 0 saturated heterocycles. The van der Waals surface area contributed by atoms with E-state index < -0.39 is 0 Å². The Labute approximate surface area is 172 Å². The molecule has 3 aromatic heterocycles. The first-order chi connectivity index (χ1) is 14.2. The van der Waals surface area contributed by atoms with E-state index in [9.17, 15) is 4.79 Å². The molecule has 0 spiro atoms. The molecule has 0 bridgehead atoms. The second-order valence-corrected chi connectivity index (χ2v) is 8.53. The van der Waals surface area contributed by atoms with Crippen molar-refractivity contribution >= 4 is 11.3 Å². The van der Waals surface area contributed by atoms with Gasteiger partial charge in [-0.3, -0.25) is 9.69 Å². The molecule has 6 heteroatoms. The van der Waals surface area contributed by atoms with E-state index in [-0.39, 0.29) is 5.56 Å². The standard InChI is InChI=1S/C23H21N3O2S/c1-15-5-2-3-6-17(15)21-9-8-16(29-21)13-26-11-10-19-18(14-26)23(27)25-22(24-19)20-7-4-12-28-20/h2-9,12H,10-11,13-14H2,1H3,(H,24,25,27). The van der Waals surface area contributed by atoms with Crippen molar-refractivity contribution in [2.45, 2.75) is 26.4 Å². The van der Waals surface area contributed by atoms with Crippen LogP contribution in [0.3, 0.4) is 0 Å². The van der Waals surface area contributed by atoms with Crippen LogP contribution >= 0.6 is 11.3 Å². The van der Waals surface area contributed by atoms with Crippen LogP contribution in [0.1, 0.15) is 21.7 Å². The van der Waals surface area contributed by atoms with Crippen molar-refractivity contribution in [3.05, 3.63) is 86.8 Å². The Morgan fingerprint density at radius 3 is 2.90 bits per heavy atom. The number of rotatable bonds is 4. The number of aryl methyl sites for hydroxylation is 1. The number of H-pyrrole nitrogens is 1. The molecule has 0 unspecified atom stereocenters. The number of nitrogens with zero attached hydrogens (tertiary/aromatic N) is 2. The molecular formula is C23H21N3O2S. The number of hydrogen-bond acceptors (Lipinski definition) is 5. The third-order valence-electron chi connectivity index (χ3n) is 5.35. The lowest BCUT2D eigenvalue weighted by molar-refractivity contribution is 0.244. The lowest BCUT2D eigenvalue weighted by Crippen LogP contribution is -2.35. The average Bonchev–Trinajstić information content (AvgIpc) is 3.41. The number of furan rings is 1. The minimum atomic E-state index is -0.0714. The SMILES string of the molecule is Cc1ccccc1-c1ccc(CN2CCc3nc(-c4ccco4)[nH]c(=O)c3C2)s1. The van der Waals surface area contributed by atoms with Crippen LogP contribution in [0.15, 0.2) is 64.0 Å². The summed E-state index contributed by atoms with van der Waals surface area (Å²) < 4.78 is 5.37. The first-order valence-electron chi connectivity index (χ1n) is 9.70. The smallest absolute Gasteiger partial charge is 0.256 e. The van der Waals surface area contributed by atoms with E-state index in [1.807, 2.05) is 17.4 Å². The lowest BCUT2D eigenvalue weighted by atomic mass is 10.1. The fraction of sp³-hybridized carbons (Fsp3) is 0.217. The molecule has 0 atom stereocenters. The Kier molecular flexibility index (Phi) is 4.66. The largest absolute Gasteiger partial charge is 0.461 e. The second-order valence-electron chi connectivity index (χ2n) is 7.36. The fourth-order valence-electron chi connectivity index (χ4n) is 3.82. The van der Waals surface area contributed by atoms with Crippen LogP contribution in [0.2, 0.25) is 0 Å². The van der Waals surface area contributed by atoms with E-state index in [1.54, 1.807) is 12.3 Å². The zero-order valence-corrected chi connectivity index (χ0v) is 17.0. The summed E-state index contributed by atoms with van der Waals surface area (Å²) in [6.45, 7) is 4.49. The third-order valence-corrected chi connectivity index (χ3v) is 6.46. The van der Waals surface area contributed by atoms with E-state index in [4.69, 9.17) is 4.42 Å². The molecule has 5 nitrogen and oxygen atoms in total. The maximum Gasteiger partial charge on any atom is 0.256 e. The molecule has 1 aliphatic heterocycles. The Bertz CT molecular complexity index is 1210. The second kappa shape index (κ2) is 7.46. The van der Waals surface area contributed by atoms with Crippen molar-refractivity contribution in [2.24, 2.45) is 0 Å². The van der Waals surface area contributed by atoms with Gasteiger partial charge in [0.25, 0.3) is 5.56 Å². The summed E-state index contributed by atoms with van der Waals surface area (Å²) in [5, 5.41) is 0. The normalized spacial score (nSPS) is 14.1. The highest BCUT2D eigenvalue weighted by Crippen LogP contribution is 2.31. The number of benzene rings is 1. The molecule has 146 valence electrons. The van der Waals surface area contributed by atoms with Gasteiger partial charge in [-0.25, -0.2) is 4.98 Å². The van der Waals surface area contributed by atoms with E-state index in [0.717, 1.165) is 30.8 Å². The number of hydrogen-bond donors (Lipinski definition) is 1. The van der Waals surface area contributed by atoms with Crippen LogP contribution in [0, 0.1) is 6.92 Å². The van der Waals surface area contributed by atoms with Crippen molar-refractivity contribution < 1.29 is 4.42 Å². The van der Waals surface area contributed by atoms with E-state index in [1.165, 1.54) is 20.9 Å². The molecule has 0 fully saturated rings. The molecule has 1 aromatic carbocycles. The Balaban J connectivity index is 1.34. The van der Waals surface area contributed by atoms with Gasteiger partial charge in [0.1, 0.15) is 0 Å². The first kappa shape index (κ1) is 18.1. The summed E-state index contributed by atoms with van der Waals surface area (Å²) in [5.74, 6) is 1.10. The molecule has 5 rings (SSSR count). The molecule has 0 aliphatic carbocycles. The van der Waals surface area contributed by atoms with E-state index in [2.05, 4.69) is 58.2 Å². The van der Waals surface area contributed by atoms with Crippen molar-refractivity contribution in [2.75, 3.05) is 6.54 Å². The number of fused-ring (bicyclic) bond motifs is 1. The number of thiophene rings is 1.